The van der Waals surface area contributed by atoms with Crippen molar-refractivity contribution in [2.24, 2.45) is 23.7 Å². The number of anilines is 1. The molecule has 3 aliphatic rings. The van der Waals surface area contributed by atoms with Crippen molar-refractivity contribution in [2.75, 3.05) is 31.2 Å². The second-order valence-electron chi connectivity index (χ2n) is 35.6. The summed E-state index contributed by atoms with van der Waals surface area (Å²) in [6.07, 6.45) is 50.4. The van der Waals surface area contributed by atoms with Crippen LogP contribution in [0.5, 0.6) is 5.75 Å². The fraction of sp³-hybridized carbons (Fsp3) is 0.454. The van der Waals surface area contributed by atoms with Gasteiger partial charge in [-0.3, -0.25) is 0 Å². The molecular formula is C108H121NO3. The molecule has 1 saturated carbocycles. The first-order chi connectivity index (χ1) is 55.3. The van der Waals surface area contributed by atoms with Crippen LogP contribution in [0, 0.1) is 35.5 Å². The maximum absolute atomic E-state index is 13.3. The third-order valence-corrected chi connectivity index (χ3v) is 27.9. The zero-order valence-electron chi connectivity index (χ0n) is 68.5. The van der Waals surface area contributed by atoms with Gasteiger partial charge in [-0.25, -0.2) is 4.79 Å². The summed E-state index contributed by atoms with van der Waals surface area (Å²) in [7, 11) is 0. The molecule has 0 spiro atoms. The van der Waals surface area contributed by atoms with Crippen molar-refractivity contribution < 1.29 is 14.3 Å². The van der Waals surface area contributed by atoms with Gasteiger partial charge in [-0.2, -0.15) is 0 Å². The third kappa shape index (κ3) is 14.2. The van der Waals surface area contributed by atoms with Crippen molar-refractivity contribution >= 4 is 141 Å². The number of rotatable bonds is 41. The van der Waals surface area contributed by atoms with E-state index in [0.29, 0.717) is 5.56 Å². The number of ether oxygens (including phenoxy) is 2. The van der Waals surface area contributed by atoms with Crippen LogP contribution in [0.15, 0.2) is 133 Å². The number of carbonyl (C=O) groups is 1. The van der Waals surface area contributed by atoms with Crippen molar-refractivity contribution in [3.8, 4) is 17.6 Å². The Morgan fingerprint density at radius 1 is 0.321 bits per heavy atom. The number of aryl methyl sites for hydroxylation is 5. The van der Waals surface area contributed by atoms with Gasteiger partial charge in [-0.15, -0.1) is 0 Å². The molecular weight excluding hydrogens is 1360 g/mol. The van der Waals surface area contributed by atoms with Crippen LogP contribution in [0.25, 0.3) is 129 Å². The van der Waals surface area contributed by atoms with E-state index >= 15 is 0 Å². The molecule has 1 heterocycles. The van der Waals surface area contributed by atoms with E-state index in [1.54, 1.807) is 0 Å². The Balaban J connectivity index is 0.800. The zero-order chi connectivity index (χ0) is 75.8. The number of carbonyl (C=O) groups excluding carboxylic acids is 1. The molecule has 0 N–H and O–H groups in total. The number of benzene rings is 15. The maximum Gasteiger partial charge on any atom is 0.338 e. The van der Waals surface area contributed by atoms with Crippen LogP contribution in [0.4, 0.5) is 5.69 Å². The highest BCUT2D eigenvalue weighted by molar-refractivity contribution is 6.61. The Labute approximate surface area is 667 Å². The van der Waals surface area contributed by atoms with Gasteiger partial charge >= 0.3 is 5.97 Å². The topological polar surface area (TPSA) is 38.8 Å². The molecule has 576 valence electrons. The lowest BCUT2D eigenvalue weighted by atomic mass is 9.72. The quantitative estimate of drug-likeness (QED) is 0.00956. The van der Waals surface area contributed by atoms with E-state index < -0.39 is 0 Å². The number of allylic oxidation sites excluding steroid dienone is 2. The Bertz CT molecular complexity index is 5580. The van der Waals surface area contributed by atoms with E-state index in [2.05, 4.69) is 161 Å². The van der Waals surface area contributed by atoms with Crippen molar-refractivity contribution in [3.63, 3.8) is 0 Å². The van der Waals surface area contributed by atoms with Gasteiger partial charge in [-0.1, -0.05) is 280 Å². The second-order valence-corrected chi connectivity index (χ2v) is 35.6. The average molecular weight is 1480 g/mol. The number of hydrogen-bond donors (Lipinski definition) is 0. The lowest BCUT2D eigenvalue weighted by molar-refractivity contribution is 0.0450. The first-order valence-corrected chi connectivity index (χ1v) is 45.6. The number of fused-ring (bicyclic) bond motifs is 11. The molecule has 0 unspecified atom stereocenters. The molecule has 112 heavy (non-hydrogen) atoms. The zero-order valence-corrected chi connectivity index (χ0v) is 68.5. The van der Waals surface area contributed by atoms with Crippen molar-refractivity contribution in [3.05, 3.63) is 178 Å². The van der Waals surface area contributed by atoms with Crippen LogP contribution in [-0.4, -0.2) is 32.3 Å². The third-order valence-electron chi connectivity index (χ3n) is 27.9. The van der Waals surface area contributed by atoms with Gasteiger partial charge in [0.1, 0.15) is 19.0 Å². The van der Waals surface area contributed by atoms with Crippen molar-refractivity contribution in [1.29, 1.82) is 0 Å². The van der Waals surface area contributed by atoms with Crippen LogP contribution >= 0.6 is 0 Å². The molecule has 2 bridgehead atoms. The van der Waals surface area contributed by atoms with E-state index in [4.69, 9.17) is 9.47 Å². The summed E-state index contributed by atoms with van der Waals surface area (Å²) < 4.78 is 12.1. The Hall–Kier alpha value is -8.65. The van der Waals surface area contributed by atoms with Gasteiger partial charge < -0.3 is 14.4 Å². The van der Waals surface area contributed by atoms with E-state index in [-0.39, 0.29) is 19.2 Å². The molecule has 2 fully saturated rings. The molecule has 15 aromatic carbocycles. The van der Waals surface area contributed by atoms with Crippen LogP contribution in [0.1, 0.15) is 283 Å². The van der Waals surface area contributed by atoms with Gasteiger partial charge in [0, 0.05) is 29.9 Å². The van der Waals surface area contributed by atoms with Gasteiger partial charge in [0.15, 0.2) is 0 Å². The smallest absolute Gasteiger partial charge is 0.338 e. The summed E-state index contributed by atoms with van der Waals surface area (Å²) in [5, 5.41) is 35.2. The molecule has 0 amide bonds. The predicted molar refractivity (Wildman–Crippen MR) is 484 cm³/mol. The summed E-state index contributed by atoms with van der Waals surface area (Å²) in [5.74, 6) is 11.0. The van der Waals surface area contributed by atoms with E-state index in [0.717, 1.165) is 85.7 Å². The lowest BCUT2D eigenvalue weighted by Crippen LogP contribution is -2.22. The number of hydrogen-bond acceptors (Lipinski definition) is 4. The fourth-order valence-electron chi connectivity index (χ4n) is 22.2. The molecule has 0 aromatic heterocycles. The standard InChI is InChI=1S/C108H121NO3/c1-6-11-16-21-26-31-36-71-55-82-84-57-72(37-32-27-22-17-12-7-2)59-86-88-61-74(39-34-29-24-19-14-9-4)63-90-92-65-76(42-41-70-43-51-81(52-44-70)111-53-54-112-108(110)77-47-49-80(50-48-77)109-68-94-78-45-46-79(67-78)95(94)69-109)66-93-91-64-75(40-35-30-25-20-15-10-5)62-89-87-60-73(38-33-28-23-18-13-8-3)58-85-83(56-71)96(82)102-103(97(84)86)105(99(88)90)107(101(92)93)106(100(89)91)104(102)98(85)87/h43-52,55-66,78-79,94-95H,6-40,53-54,67-69H2,1-5H3/t78-,79+,94-,95+. The Morgan fingerprint density at radius 3 is 0.920 bits per heavy atom. The number of nitrogens with zero attached hydrogens (tertiary/aromatic N) is 1. The highest BCUT2D eigenvalue weighted by atomic mass is 16.6. The predicted octanol–water partition coefficient (Wildman–Crippen LogP) is 30.6. The van der Waals surface area contributed by atoms with Crippen LogP contribution in [-0.2, 0) is 36.8 Å². The minimum atomic E-state index is -0.318. The number of unbranched alkanes of at least 4 members (excludes halogenated alkanes) is 25. The summed E-state index contributed by atoms with van der Waals surface area (Å²) in [4.78, 5) is 15.9. The van der Waals surface area contributed by atoms with E-state index in [9.17, 15) is 4.79 Å². The molecule has 18 rings (SSSR count). The van der Waals surface area contributed by atoms with Crippen molar-refractivity contribution in [2.45, 2.75) is 266 Å². The van der Waals surface area contributed by atoms with Gasteiger partial charge in [-0.05, 0) is 312 Å². The molecule has 4 heteroatoms. The minimum absolute atomic E-state index is 0.164. The second kappa shape index (κ2) is 33.4. The van der Waals surface area contributed by atoms with Gasteiger partial charge in [0.05, 0.1) is 5.56 Å². The lowest BCUT2D eigenvalue weighted by Gasteiger charge is -2.30. The SMILES string of the molecule is CCCCCCCCc1cc2c3cc(C#Cc4ccc(OCCOC(=O)c5ccc(N6C[C@@H]7[C@H](C6)[C@@H]6C=C[C@H]7C6)cc5)cc4)cc4c5cc(CCCCCCCC)cc6c7cc(CCCCCCCC)cc8c9cc(CCCCCCCC)cc%10c%11cc(CCCCCCCC)cc%12c(c1)c2c1c(c34)c(c56)c(c78)c(c%109)c1c%12%11. The summed E-state index contributed by atoms with van der Waals surface area (Å²) in [5.41, 5.74) is 11.2. The monoisotopic (exact) mass is 1480 g/mol. The molecule has 15 aromatic rings. The Morgan fingerprint density at radius 2 is 0.607 bits per heavy atom. The average Bonchev–Trinajstić information content (AvgIpc) is 0.680. The molecule has 0 radical (unpaired) electrons. The number of esters is 1. The first kappa shape index (κ1) is 74.7. The summed E-state index contributed by atoms with van der Waals surface area (Å²) in [6, 6.07) is 48.5. The Kier molecular flexibility index (Phi) is 22.3. The highest BCUT2D eigenvalue weighted by Gasteiger charge is 2.49. The largest absolute Gasteiger partial charge is 0.490 e. The first-order valence-electron chi connectivity index (χ1n) is 45.6. The van der Waals surface area contributed by atoms with Crippen LogP contribution in [0.3, 0.4) is 0 Å². The normalized spacial score (nSPS) is 16.5. The molecule has 4 atom stereocenters. The molecule has 2 aliphatic carbocycles. The van der Waals surface area contributed by atoms with Gasteiger partial charge in [0.2, 0.25) is 0 Å². The fourth-order valence-corrected chi connectivity index (χ4v) is 22.2. The summed E-state index contributed by atoms with van der Waals surface area (Å²) in [6.45, 7) is 14.4. The molecule has 4 nitrogen and oxygen atoms in total. The minimum Gasteiger partial charge on any atom is -0.490 e. The molecule has 1 aliphatic heterocycles. The summed E-state index contributed by atoms with van der Waals surface area (Å²) >= 11 is 0. The van der Waals surface area contributed by atoms with E-state index in [1.165, 1.54) is 362 Å². The van der Waals surface area contributed by atoms with Crippen LogP contribution < -0.4 is 9.64 Å². The maximum atomic E-state index is 13.3. The van der Waals surface area contributed by atoms with Crippen molar-refractivity contribution in [1.82, 2.24) is 0 Å². The highest BCUT2D eigenvalue weighted by Crippen LogP contribution is 2.62. The van der Waals surface area contributed by atoms with E-state index in [1.807, 2.05) is 24.3 Å². The van der Waals surface area contributed by atoms with Gasteiger partial charge in [0.25, 0.3) is 0 Å². The molecule has 1 saturated heterocycles. The van der Waals surface area contributed by atoms with Crippen LogP contribution in [0.2, 0.25) is 0 Å².